The third kappa shape index (κ3) is 7.69. The molecule has 1 unspecified atom stereocenters. The SMILES string of the molecule is CC1C=c2c(oc3cc(N(c4ccc(-c5ccccc5)cc4)c4ccc(-c5ccc(N(c6ccc(-c7ccccc7)cc6)c6ccc(-c7ccccc7)cc6)cc5)cc4)ccc23)=CC1. The molecule has 306 valence electrons. The third-order valence-electron chi connectivity index (χ3n) is 12.4. The van der Waals surface area contributed by atoms with Gasteiger partial charge in [0.1, 0.15) is 11.0 Å². The molecule has 0 amide bonds. The van der Waals surface area contributed by atoms with Gasteiger partial charge in [0, 0.05) is 50.8 Å². The smallest absolute Gasteiger partial charge is 0.137 e. The third-order valence-corrected chi connectivity index (χ3v) is 12.4. The highest BCUT2D eigenvalue weighted by atomic mass is 16.3. The monoisotopic (exact) mass is 822 g/mol. The van der Waals surface area contributed by atoms with Crippen LogP contribution in [-0.4, -0.2) is 0 Å². The van der Waals surface area contributed by atoms with Crippen LogP contribution < -0.4 is 20.4 Å². The van der Waals surface area contributed by atoms with Crippen LogP contribution in [-0.2, 0) is 0 Å². The number of hydrogen-bond acceptors (Lipinski definition) is 3. The second-order valence-electron chi connectivity index (χ2n) is 16.6. The summed E-state index contributed by atoms with van der Waals surface area (Å²) in [6.07, 6.45) is 5.57. The molecule has 0 bridgehead atoms. The maximum Gasteiger partial charge on any atom is 0.137 e. The Hall–Kier alpha value is -8.14. The Kier molecular flexibility index (Phi) is 10.3. The Morgan fingerprint density at radius 1 is 0.359 bits per heavy atom. The van der Waals surface area contributed by atoms with Crippen LogP contribution in [0.15, 0.2) is 235 Å². The second kappa shape index (κ2) is 17.0. The van der Waals surface area contributed by atoms with Crippen molar-refractivity contribution < 1.29 is 4.42 Å². The van der Waals surface area contributed by atoms with Crippen molar-refractivity contribution in [3.8, 4) is 44.5 Å². The van der Waals surface area contributed by atoms with Gasteiger partial charge in [0.15, 0.2) is 0 Å². The lowest BCUT2D eigenvalue weighted by molar-refractivity contribution is 0.567. The molecule has 0 radical (unpaired) electrons. The summed E-state index contributed by atoms with van der Waals surface area (Å²) in [6.45, 7) is 2.26. The Bertz CT molecular complexity index is 3220. The number of nitrogens with zero attached hydrogens (tertiary/aromatic N) is 2. The molecule has 1 heterocycles. The molecule has 0 saturated carbocycles. The normalized spacial score (nSPS) is 13.1. The molecule has 1 aliphatic carbocycles. The van der Waals surface area contributed by atoms with Crippen molar-refractivity contribution in [2.45, 2.75) is 13.3 Å². The van der Waals surface area contributed by atoms with E-state index in [1.165, 1.54) is 38.6 Å². The van der Waals surface area contributed by atoms with Gasteiger partial charge in [0.05, 0.1) is 0 Å². The summed E-state index contributed by atoms with van der Waals surface area (Å²) in [6, 6.07) is 82.7. The molecule has 0 fully saturated rings. The summed E-state index contributed by atoms with van der Waals surface area (Å²) in [4.78, 5) is 4.66. The van der Waals surface area contributed by atoms with Gasteiger partial charge in [0.25, 0.3) is 0 Å². The van der Waals surface area contributed by atoms with Crippen molar-refractivity contribution >= 4 is 57.2 Å². The van der Waals surface area contributed by atoms with E-state index in [1.807, 2.05) is 0 Å². The van der Waals surface area contributed by atoms with E-state index in [0.717, 1.165) is 68.1 Å². The highest BCUT2D eigenvalue weighted by molar-refractivity contribution is 5.88. The summed E-state index contributed by atoms with van der Waals surface area (Å²) >= 11 is 0. The maximum atomic E-state index is 6.47. The van der Waals surface area contributed by atoms with Crippen LogP contribution in [0.2, 0.25) is 0 Å². The van der Waals surface area contributed by atoms with Gasteiger partial charge < -0.3 is 14.2 Å². The molecular weight excluding hydrogens is 777 g/mol. The second-order valence-corrected chi connectivity index (χ2v) is 16.6. The first-order valence-corrected chi connectivity index (χ1v) is 22.1. The first-order valence-electron chi connectivity index (χ1n) is 22.1. The van der Waals surface area contributed by atoms with E-state index in [4.69, 9.17) is 4.42 Å². The van der Waals surface area contributed by atoms with Gasteiger partial charge in [-0.05, 0) is 136 Å². The fourth-order valence-electron chi connectivity index (χ4n) is 9.03. The topological polar surface area (TPSA) is 19.6 Å². The molecule has 3 heteroatoms. The van der Waals surface area contributed by atoms with E-state index in [9.17, 15) is 0 Å². The minimum absolute atomic E-state index is 0.497. The zero-order valence-corrected chi connectivity index (χ0v) is 35.7. The van der Waals surface area contributed by atoms with Crippen LogP contribution in [0.3, 0.4) is 0 Å². The van der Waals surface area contributed by atoms with E-state index in [-0.39, 0.29) is 0 Å². The highest BCUT2D eigenvalue weighted by Crippen LogP contribution is 2.40. The van der Waals surface area contributed by atoms with E-state index >= 15 is 0 Å². The Labute approximate surface area is 374 Å². The number of benzene rings is 9. The lowest BCUT2D eigenvalue weighted by Crippen LogP contribution is -2.24. The van der Waals surface area contributed by atoms with Crippen molar-refractivity contribution in [2.24, 2.45) is 5.92 Å². The van der Waals surface area contributed by atoms with Crippen LogP contribution >= 0.6 is 0 Å². The van der Waals surface area contributed by atoms with Crippen molar-refractivity contribution in [1.29, 1.82) is 0 Å². The van der Waals surface area contributed by atoms with E-state index in [1.54, 1.807) is 0 Å². The summed E-state index contributed by atoms with van der Waals surface area (Å²) in [5.41, 5.74) is 17.8. The summed E-state index contributed by atoms with van der Waals surface area (Å²) in [5.74, 6) is 0.497. The summed E-state index contributed by atoms with van der Waals surface area (Å²) in [5, 5.41) is 2.37. The van der Waals surface area contributed by atoms with Crippen molar-refractivity contribution in [1.82, 2.24) is 0 Å². The first-order chi connectivity index (χ1) is 31.6. The molecule has 11 rings (SSSR count). The number of fused-ring (bicyclic) bond motifs is 3. The average molecular weight is 823 g/mol. The van der Waals surface area contributed by atoms with Crippen molar-refractivity contribution in [3.63, 3.8) is 0 Å². The van der Waals surface area contributed by atoms with Gasteiger partial charge in [-0.3, -0.25) is 0 Å². The van der Waals surface area contributed by atoms with Crippen molar-refractivity contribution in [3.05, 3.63) is 241 Å². The number of anilines is 6. The van der Waals surface area contributed by atoms with Gasteiger partial charge in [-0.15, -0.1) is 0 Å². The van der Waals surface area contributed by atoms with Crippen LogP contribution in [0.5, 0.6) is 0 Å². The highest BCUT2D eigenvalue weighted by Gasteiger charge is 2.18. The van der Waals surface area contributed by atoms with Crippen LogP contribution in [0.1, 0.15) is 13.3 Å². The molecule has 9 aromatic carbocycles. The minimum Gasteiger partial charge on any atom is -0.456 e. The fourth-order valence-corrected chi connectivity index (χ4v) is 9.03. The predicted octanol–water partition coefficient (Wildman–Crippen LogP) is 15.6. The predicted molar refractivity (Wildman–Crippen MR) is 269 cm³/mol. The van der Waals surface area contributed by atoms with Gasteiger partial charge in [-0.2, -0.15) is 0 Å². The first kappa shape index (κ1) is 38.8. The maximum absolute atomic E-state index is 6.47. The lowest BCUT2D eigenvalue weighted by Gasteiger charge is -2.26. The zero-order chi connectivity index (χ0) is 42.8. The molecule has 1 aromatic heterocycles. The standard InChI is InChI=1S/C61H46N2O/c1-43-17-40-60-59(41-43)58-39-38-57(42-61(58)64-60)63(55-34-22-49(23-35-55)46-15-9-4-10-16-46)56-36-26-51(27-37-56)50-24-32-54(33-25-50)62(52-28-18-47(19-29-52)44-11-5-2-6-12-44)53-30-20-48(21-31-53)45-13-7-3-8-14-45/h2-16,18-43H,17H2,1H3. The van der Waals surface area contributed by atoms with Gasteiger partial charge >= 0.3 is 0 Å². The Morgan fingerprint density at radius 2 is 0.672 bits per heavy atom. The van der Waals surface area contributed by atoms with Gasteiger partial charge in [-0.1, -0.05) is 165 Å². The Morgan fingerprint density at radius 3 is 1.03 bits per heavy atom. The van der Waals surface area contributed by atoms with E-state index in [0.29, 0.717) is 5.92 Å². The number of furan rings is 1. The minimum atomic E-state index is 0.497. The van der Waals surface area contributed by atoms with Gasteiger partial charge in [-0.25, -0.2) is 0 Å². The van der Waals surface area contributed by atoms with Crippen LogP contribution in [0, 0.1) is 5.92 Å². The summed E-state index contributed by atoms with van der Waals surface area (Å²) < 4.78 is 6.47. The molecule has 1 aliphatic rings. The largest absolute Gasteiger partial charge is 0.456 e. The van der Waals surface area contributed by atoms with Gasteiger partial charge in [0.2, 0.25) is 0 Å². The molecule has 1 atom stereocenters. The lowest BCUT2D eigenvalue weighted by atomic mass is 10.0. The molecule has 3 nitrogen and oxygen atoms in total. The number of hydrogen-bond donors (Lipinski definition) is 0. The molecule has 10 aromatic rings. The van der Waals surface area contributed by atoms with Crippen LogP contribution in [0.4, 0.5) is 34.1 Å². The molecule has 0 spiro atoms. The molecule has 0 N–H and O–H groups in total. The molecule has 0 aliphatic heterocycles. The Balaban J connectivity index is 0.926. The number of rotatable bonds is 10. The molecule has 0 saturated heterocycles. The van der Waals surface area contributed by atoms with E-state index in [2.05, 4.69) is 259 Å². The van der Waals surface area contributed by atoms with Crippen LogP contribution in [0.25, 0.3) is 67.6 Å². The quantitative estimate of drug-likeness (QED) is 0.137. The average Bonchev–Trinajstić information content (AvgIpc) is 3.73. The fraction of sp³-hybridized carbons (Fsp3) is 0.0492. The summed E-state index contributed by atoms with van der Waals surface area (Å²) in [7, 11) is 0. The zero-order valence-electron chi connectivity index (χ0n) is 35.7. The van der Waals surface area contributed by atoms with Crippen molar-refractivity contribution in [2.75, 3.05) is 9.80 Å². The van der Waals surface area contributed by atoms with E-state index < -0.39 is 0 Å². The molecule has 64 heavy (non-hydrogen) atoms. The molecular formula is C61H46N2O.